The van der Waals surface area contributed by atoms with E-state index in [1.807, 2.05) is 6.92 Å². The molecule has 2 N–H and O–H groups in total. The smallest absolute Gasteiger partial charge is 0.251 e. The molecule has 0 aliphatic carbocycles. The number of amides is 1. The molecule has 0 aliphatic rings. The van der Waals surface area contributed by atoms with Crippen molar-refractivity contribution in [2.24, 2.45) is 0 Å². The number of carbonyl (C=O) groups is 1. The van der Waals surface area contributed by atoms with Crippen molar-refractivity contribution >= 4 is 11.7 Å². The Kier molecular flexibility index (Phi) is 7.60. The number of ether oxygens (including phenoxy) is 2. The number of nitrogens with one attached hydrogen (secondary N) is 2. The number of nitrogens with zero attached hydrogens (tertiary/aromatic N) is 1. The van der Waals surface area contributed by atoms with Crippen LogP contribution in [-0.4, -0.2) is 51.4 Å². The summed E-state index contributed by atoms with van der Waals surface area (Å²) in [5.41, 5.74) is 1.42. The summed E-state index contributed by atoms with van der Waals surface area (Å²) in [6.07, 6.45) is 0.776. The molecule has 0 bridgehead atoms. The lowest BCUT2D eigenvalue weighted by Crippen LogP contribution is -2.25. The molecule has 0 saturated heterocycles. The molecule has 1 aromatic rings. The summed E-state index contributed by atoms with van der Waals surface area (Å²) in [5.74, 6) is 0.599. The lowest BCUT2D eigenvalue weighted by molar-refractivity contribution is 0.0688. The zero-order valence-electron chi connectivity index (χ0n) is 12.4. The predicted molar refractivity (Wildman–Crippen MR) is 78.2 cm³/mol. The van der Waals surface area contributed by atoms with Crippen molar-refractivity contribution in [2.75, 3.05) is 45.8 Å². The number of rotatable bonds is 9. The van der Waals surface area contributed by atoms with E-state index in [9.17, 15) is 4.79 Å². The number of hydrogen-bond donors (Lipinski definition) is 2. The van der Waals surface area contributed by atoms with Crippen molar-refractivity contribution in [3.8, 4) is 0 Å². The molecule has 0 spiro atoms. The molecule has 6 nitrogen and oxygen atoms in total. The Morgan fingerprint density at radius 3 is 2.80 bits per heavy atom. The van der Waals surface area contributed by atoms with Gasteiger partial charge in [0.1, 0.15) is 5.82 Å². The second-order valence-electron chi connectivity index (χ2n) is 4.35. The molecule has 1 amide bonds. The number of carbonyl (C=O) groups excluding carboxylic acids is 1. The lowest BCUT2D eigenvalue weighted by Gasteiger charge is -2.08. The van der Waals surface area contributed by atoms with E-state index in [0.717, 1.165) is 12.1 Å². The van der Waals surface area contributed by atoms with E-state index in [1.165, 1.54) is 0 Å². The highest BCUT2D eigenvalue weighted by atomic mass is 16.5. The average Bonchev–Trinajstić information content (AvgIpc) is 2.45. The first-order valence-corrected chi connectivity index (χ1v) is 6.68. The number of hydrogen-bond acceptors (Lipinski definition) is 5. The number of aromatic nitrogens is 1. The van der Waals surface area contributed by atoms with E-state index in [0.29, 0.717) is 37.7 Å². The standard InChI is InChI=1S/C14H23N3O3/c1-11-9-12(10-13(15-2)17-11)14(18)16-5-4-6-20-8-7-19-3/h9-10H,4-8H2,1-3H3,(H,15,17)(H,16,18). The van der Waals surface area contributed by atoms with Crippen molar-refractivity contribution in [1.29, 1.82) is 0 Å². The first-order chi connectivity index (χ1) is 9.67. The number of methoxy groups -OCH3 is 1. The van der Waals surface area contributed by atoms with Crippen molar-refractivity contribution in [3.63, 3.8) is 0 Å². The number of pyridine rings is 1. The SMILES string of the molecule is CNc1cc(C(=O)NCCCOCCOC)cc(C)n1. The molecule has 112 valence electrons. The minimum Gasteiger partial charge on any atom is -0.382 e. The van der Waals surface area contributed by atoms with E-state index in [4.69, 9.17) is 9.47 Å². The average molecular weight is 281 g/mol. The Hall–Kier alpha value is -1.66. The third-order valence-electron chi connectivity index (χ3n) is 2.65. The van der Waals surface area contributed by atoms with Crippen LogP contribution in [0.4, 0.5) is 5.82 Å². The Morgan fingerprint density at radius 2 is 2.10 bits per heavy atom. The van der Waals surface area contributed by atoms with Gasteiger partial charge < -0.3 is 20.1 Å². The van der Waals surface area contributed by atoms with Crippen LogP contribution < -0.4 is 10.6 Å². The molecule has 20 heavy (non-hydrogen) atoms. The molecule has 6 heteroatoms. The van der Waals surface area contributed by atoms with Crippen molar-refractivity contribution in [3.05, 3.63) is 23.4 Å². The molecule has 0 atom stereocenters. The largest absolute Gasteiger partial charge is 0.382 e. The fraction of sp³-hybridized carbons (Fsp3) is 0.571. The Morgan fingerprint density at radius 1 is 1.30 bits per heavy atom. The quantitative estimate of drug-likeness (QED) is 0.666. The van der Waals surface area contributed by atoms with Gasteiger partial charge in [0.15, 0.2) is 0 Å². The van der Waals surface area contributed by atoms with Crippen LogP contribution in [0.3, 0.4) is 0 Å². The van der Waals surface area contributed by atoms with Crippen LogP contribution in [0.5, 0.6) is 0 Å². The summed E-state index contributed by atoms with van der Waals surface area (Å²) in [6.45, 7) is 4.24. The van der Waals surface area contributed by atoms with Gasteiger partial charge in [-0.2, -0.15) is 0 Å². The van der Waals surface area contributed by atoms with Crippen LogP contribution in [0.15, 0.2) is 12.1 Å². The molecule has 1 heterocycles. The highest BCUT2D eigenvalue weighted by molar-refractivity contribution is 5.94. The molecule has 1 rings (SSSR count). The minimum absolute atomic E-state index is 0.0936. The van der Waals surface area contributed by atoms with E-state index >= 15 is 0 Å². The van der Waals surface area contributed by atoms with Gasteiger partial charge in [-0.05, 0) is 25.5 Å². The summed E-state index contributed by atoms with van der Waals surface area (Å²) in [5, 5.41) is 5.80. The Bertz CT molecular complexity index is 424. The molecule has 0 saturated carbocycles. The number of aryl methyl sites for hydroxylation is 1. The maximum absolute atomic E-state index is 12.0. The van der Waals surface area contributed by atoms with Crippen LogP contribution in [0.25, 0.3) is 0 Å². The number of anilines is 1. The zero-order valence-corrected chi connectivity index (χ0v) is 12.4. The normalized spacial score (nSPS) is 10.3. The molecule has 0 unspecified atom stereocenters. The molecular weight excluding hydrogens is 258 g/mol. The maximum atomic E-state index is 12.0. The first-order valence-electron chi connectivity index (χ1n) is 6.68. The van der Waals surface area contributed by atoms with Gasteiger partial charge in [-0.1, -0.05) is 0 Å². The molecule has 0 fully saturated rings. The topological polar surface area (TPSA) is 72.5 Å². The summed E-state index contributed by atoms with van der Waals surface area (Å²) in [6, 6.07) is 3.50. The highest BCUT2D eigenvalue weighted by Crippen LogP contribution is 2.09. The molecule has 0 aliphatic heterocycles. The van der Waals surface area contributed by atoms with Crippen LogP contribution in [0, 0.1) is 6.92 Å². The lowest BCUT2D eigenvalue weighted by atomic mass is 10.2. The third-order valence-corrected chi connectivity index (χ3v) is 2.65. The fourth-order valence-electron chi connectivity index (χ4n) is 1.65. The van der Waals surface area contributed by atoms with Gasteiger partial charge in [-0.15, -0.1) is 0 Å². The second-order valence-corrected chi connectivity index (χ2v) is 4.35. The van der Waals surface area contributed by atoms with Crippen LogP contribution in [-0.2, 0) is 9.47 Å². The van der Waals surface area contributed by atoms with Gasteiger partial charge in [-0.3, -0.25) is 4.79 Å². The van der Waals surface area contributed by atoms with Crippen molar-refractivity contribution < 1.29 is 14.3 Å². The van der Waals surface area contributed by atoms with E-state index in [1.54, 1.807) is 26.3 Å². The summed E-state index contributed by atoms with van der Waals surface area (Å²) in [4.78, 5) is 16.2. The molecule has 0 aromatic carbocycles. The van der Waals surface area contributed by atoms with Gasteiger partial charge in [0, 0.05) is 38.6 Å². The summed E-state index contributed by atoms with van der Waals surface area (Å²) in [7, 11) is 3.42. The molecule has 0 radical (unpaired) electrons. The van der Waals surface area contributed by atoms with Gasteiger partial charge in [-0.25, -0.2) is 4.98 Å². The van der Waals surface area contributed by atoms with Crippen molar-refractivity contribution in [2.45, 2.75) is 13.3 Å². The maximum Gasteiger partial charge on any atom is 0.251 e. The van der Waals surface area contributed by atoms with Gasteiger partial charge in [0.05, 0.1) is 13.2 Å². The first kappa shape index (κ1) is 16.4. The van der Waals surface area contributed by atoms with Gasteiger partial charge in [0.25, 0.3) is 5.91 Å². The van der Waals surface area contributed by atoms with Crippen LogP contribution >= 0.6 is 0 Å². The monoisotopic (exact) mass is 281 g/mol. The van der Waals surface area contributed by atoms with Gasteiger partial charge in [0.2, 0.25) is 0 Å². The van der Waals surface area contributed by atoms with Crippen molar-refractivity contribution in [1.82, 2.24) is 10.3 Å². The second kappa shape index (κ2) is 9.28. The highest BCUT2D eigenvalue weighted by Gasteiger charge is 2.07. The van der Waals surface area contributed by atoms with E-state index < -0.39 is 0 Å². The minimum atomic E-state index is -0.0936. The fourth-order valence-corrected chi connectivity index (χ4v) is 1.65. The zero-order chi connectivity index (χ0) is 14.8. The predicted octanol–water partition coefficient (Wildman–Crippen LogP) is 1.21. The summed E-state index contributed by atoms with van der Waals surface area (Å²) < 4.78 is 10.2. The Labute approximate surface area is 119 Å². The van der Waals surface area contributed by atoms with Crippen LogP contribution in [0.2, 0.25) is 0 Å². The molecule has 1 aromatic heterocycles. The Balaban J connectivity index is 2.30. The van der Waals surface area contributed by atoms with E-state index in [2.05, 4.69) is 15.6 Å². The van der Waals surface area contributed by atoms with E-state index in [-0.39, 0.29) is 5.91 Å². The third kappa shape index (κ3) is 5.99. The van der Waals surface area contributed by atoms with Crippen LogP contribution in [0.1, 0.15) is 22.5 Å². The molecular formula is C14H23N3O3. The van der Waals surface area contributed by atoms with Gasteiger partial charge >= 0.3 is 0 Å². The summed E-state index contributed by atoms with van der Waals surface area (Å²) >= 11 is 0.